The van der Waals surface area contributed by atoms with Crippen LogP contribution < -0.4 is 10.2 Å². The molecule has 0 radical (unpaired) electrons. The van der Waals surface area contributed by atoms with Crippen molar-refractivity contribution in [2.45, 2.75) is 16.7 Å². The van der Waals surface area contributed by atoms with Crippen LogP contribution >= 0.6 is 11.8 Å². The van der Waals surface area contributed by atoms with Gasteiger partial charge >= 0.3 is 0 Å². The van der Waals surface area contributed by atoms with Crippen LogP contribution in [-0.2, 0) is 0 Å². The minimum absolute atomic E-state index is 0.0375. The number of anilines is 3. The molecule has 8 heteroatoms. The first kappa shape index (κ1) is 18.5. The van der Waals surface area contributed by atoms with Crippen molar-refractivity contribution in [3.63, 3.8) is 0 Å². The van der Waals surface area contributed by atoms with Crippen molar-refractivity contribution in [2.24, 2.45) is 0 Å². The molecule has 1 amide bonds. The Labute approximate surface area is 171 Å². The van der Waals surface area contributed by atoms with E-state index in [4.69, 9.17) is 5.26 Å². The van der Waals surface area contributed by atoms with E-state index in [2.05, 4.69) is 32.1 Å². The van der Waals surface area contributed by atoms with Crippen molar-refractivity contribution in [3.05, 3.63) is 60.2 Å². The molecule has 1 N–H and O–H groups in total. The monoisotopic (exact) mass is 398 g/mol. The topological polar surface area (TPSA) is 94.8 Å². The van der Waals surface area contributed by atoms with Crippen LogP contribution in [0.1, 0.15) is 23.1 Å². The predicted octanol–water partition coefficient (Wildman–Crippen LogP) is 3.62. The Morgan fingerprint density at radius 2 is 2.03 bits per heavy atom. The highest BCUT2D eigenvalue weighted by Gasteiger charge is 2.26. The summed E-state index contributed by atoms with van der Waals surface area (Å²) in [6, 6.07) is 15.1. The van der Waals surface area contributed by atoms with Crippen LogP contribution in [0.5, 0.6) is 0 Å². The van der Waals surface area contributed by atoms with Crippen molar-refractivity contribution >= 4 is 35.0 Å². The van der Waals surface area contributed by atoms with Crippen LogP contribution in [0.2, 0.25) is 0 Å². The summed E-state index contributed by atoms with van der Waals surface area (Å²) in [5.74, 6) is 6.08. The Morgan fingerprint density at radius 3 is 2.86 bits per heavy atom. The number of carbonyl (C=O) groups is 1. The quantitative estimate of drug-likeness (QED) is 0.673. The Kier molecular flexibility index (Phi) is 5.10. The molecule has 140 valence electrons. The molecule has 1 aliphatic rings. The summed E-state index contributed by atoms with van der Waals surface area (Å²) in [7, 11) is 0. The second-order valence-corrected chi connectivity index (χ2v) is 7.05. The summed E-state index contributed by atoms with van der Waals surface area (Å²) < 4.78 is 0. The number of nitriles is 1. The molecule has 1 aromatic heterocycles. The molecule has 0 saturated heterocycles. The van der Waals surface area contributed by atoms with Crippen molar-refractivity contribution in [1.29, 1.82) is 5.26 Å². The van der Waals surface area contributed by atoms with Crippen LogP contribution in [0, 0.1) is 23.2 Å². The molecule has 0 saturated carbocycles. The highest BCUT2D eigenvalue weighted by atomic mass is 32.2. The van der Waals surface area contributed by atoms with Gasteiger partial charge in [-0.15, -0.1) is 5.92 Å². The van der Waals surface area contributed by atoms with Crippen LogP contribution in [0.25, 0.3) is 0 Å². The number of fused-ring (bicyclic) bond motifs is 2. The lowest BCUT2D eigenvalue weighted by Gasteiger charge is -2.21. The lowest BCUT2D eigenvalue weighted by Crippen LogP contribution is -2.31. The Morgan fingerprint density at radius 1 is 1.17 bits per heavy atom. The van der Waals surface area contributed by atoms with E-state index in [0.717, 1.165) is 21.2 Å². The summed E-state index contributed by atoms with van der Waals surface area (Å²) in [6.07, 6.45) is 1.28. The van der Waals surface area contributed by atoms with Gasteiger partial charge in [0, 0.05) is 15.5 Å². The van der Waals surface area contributed by atoms with E-state index in [-0.39, 0.29) is 17.7 Å². The number of nitrogens with one attached hydrogen (secondary N) is 1. The first-order valence-electron chi connectivity index (χ1n) is 8.68. The molecule has 0 spiro atoms. The predicted molar refractivity (Wildman–Crippen MR) is 110 cm³/mol. The summed E-state index contributed by atoms with van der Waals surface area (Å²) in [4.78, 5) is 28.4. The fourth-order valence-corrected chi connectivity index (χ4v) is 3.97. The Hall–Kier alpha value is -3.88. The van der Waals surface area contributed by atoms with Gasteiger partial charge in [-0.25, -0.2) is 9.97 Å². The zero-order valence-corrected chi connectivity index (χ0v) is 16.2. The summed E-state index contributed by atoms with van der Waals surface area (Å²) in [5.41, 5.74) is 2.18. The molecule has 29 heavy (non-hydrogen) atoms. The maximum Gasteiger partial charge on any atom is 0.260 e. The average Bonchev–Trinajstić information content (AvgIpc) is 2.86. The van der Waals surface area contributed by atoms with Crippen LogP contribution in [0.3, 0.4) is 0 Å². The zero-order chi connectivity index (χ0) is 20.2. The molecule has 3 aromatic rings. The molecule has 0 fully saturated rings. The number of benzene rings is 2. The fraction of sp³-hybridized carbons (Fsp3) is 0.0952. The lowest BCUT2D eigenvalue weighted by molar-refractivity contribution is 0.0987. The first-order valence-corrected chi connectivity index (χ1v) is 9.50. The number of hydrogen-bond donors (Lipinski definition) is 1. The van der Waals surface area contributed by atoms with E-state index in [1.54, 1.807) is 11.8 Å². The smallest absolute Gasteiger partial charge is 0.260 e. The summed E-state index contributed by atoms with van der Waals surface area (Å²) >= 11 is 1.52. The molecule has 7 nitrogen and oxygen atoms in total. The van der Waals surface area contributed by atoms with Crippen LogP contribution in [-0.4, -0.2) is 27.4 Å². The van der Waals surface area contributed by atoms with Crippen molar-refractivity contribution in [2.75, 3.05) is 16.8 Å². The highest BCUT2D eigenvalue weighted by molar-refractivity contribution is 7.99. The van der Waals surface area contributed by atoms with Crippen molar-refractivity contribution in [1.82, 2.24) is 15.0 Å². The van der Waals surface area contributed by atoms with Gasteiger partial charge in [-0.2, -0.15) is 10.2 Å². The summed E-state index contributed by atoms with van der Waals surface area (Å²) in [5, 5.41) is 12.0. The number of amides is 1. The van der Waals surface area contributed by atoms with E-state index in [1.807, 2.05) is 48.5 Å². The molecule has 0 unspecified atom stereocenters. The van der Waals surface area contributed by atoms with Crippen molar-refractivity contribution in [3.8, 4) is 17.9 Å². The standard InChI is InChI=1S/C21H14N6OS/c1-2-3-10-27-16-9-8-14(25-21-24-13-23-19(12-22)26-21)11-18(16)29-17-7-5-4-6-15(17)20(27)28/h4-9,11,13H,10H2,1H3,(H,23,24,25,26). The van der Waals surface area contributed by atoms with Crippen molar-refractivity contribution < 1.29 is 4.79 Å². The maximum absolute atomic E-state index is 13.1. The average molecular weight is 398 g/mol. The van der Waals surface area contributed by atoms with Gasteiger partial charge in [0.2, 0.25) is 11.8 Å². The number of nitrogens with zero attached hydrogens (tertiary/aromatic N) is 5. The zero-order valence-electron chi connectivity index (χ0n) is 15.4. The lowest BCUT2D eigenvalue weighted by atomic mass is 10.1. The molecular weight excluding hydrogens is 384 g/mol. The van der Waals surface area contributed by atoms with Gasteiger partial charge in [0.15, 0.2) is 0 Å². The van der Waals surface area contributed by atoms with E-state index >= 15 is 0 Å². The number of hydrogen-bond acceptors (Lipinski definition) is 7. The maximum atomic E-state index is 13.1. The molecule has 0 bridgehead atoms. The minimum atomic E-state index is -0.0774. The van der Waals surface area contributed by atoms with E-state index < -0.39 is 0 Å². The summed E-state index contributed by atoms with van der Waals surface area (Å²) in [6.45, 7) is 2.06. The SMILES string of the molecule is CC#CCN1C(=O)c2ccccc2Sc2cc(Nc3ncnc(C#N)n3)ccc21. The van der Waals surface area contributed by atoms with Gasteiger partial charge in [0.1, 0.15) is 12.4 Å². The Bertz CT molecular complexity index is 1210. The number of aromatic nitrogens is 3. The van der Waals surface area contributed by atoms with Gasteiger partial charge in [-0.05, 0) is 37.3 Å². The van der Waals surface area contributed by atoms with E-state index in [9.17, 15) is 4.79 Å². The number of rotatable bonds is 3. The highest BCUT2D eigenvalue weighted by Crippen LogP contribution is 2.42. The third kappa shape index (κ3) is 3.75. The first-order chi connectivity index (χ1) is 14.2. The van der Waals surface area contributed by atoms with Gasteiger partial charge in [0.05, 0.1) is 17.8 Å². The van der Waals surface area contributed by atoms with Gasteiger partial charge in [-0.1, -0.05) is 29.8 Å². The normalized spacial score (nSPS) is 12.0. The molecule has 2 heterocycles. The molecular formula is C21H14N6OS. The fourth-order valence-electron chi connectivity index (χ4n) is 2.86. The molecule has 4 rings (SSSR count). The third-order valence-electron chi connectivity index (χ3n) is 4.18. The molecule has 0 aliphatic carbocycles. The minimum Gasteiger partial charge on any atom is -0.324 e. The molecule has 0 atom stereocenters. The second kappa shape index (κ2) is 8.01. The number of carbonyl (C=O) groups excluding carboxylic acids is 1. The third-order valence-corrected chi connectivity index (χ3v) is 5.30. The molecule has 2 aromatic carbocycles. The van der Waals surface area contributed by atoms with Crippen LogP contribution in [0.4, 0.5) is 17.3 Å². The second-order valence-electron chi connectivity index (χ2n) is 5.97. The van der Waals surface area contributed by atoms with E-state index in [1.165, 1.54) is 18.1 Å². The van der Waals surface area contributed by atoms with E-state index in [0.29, 0.717) is 12.1 Å². The van der Waals surface area contributed by atoms with Gasteiger partial charge in [0.25, 0.3) is 5.91 Å². The Balaban J connectivity index is 1.75. The molecule has 1 aliphatic heterocycles. The van der Waals surface area contributed by atoms with Gasteiger partial charge < -0.3 is 5.32 Å². The largest absolute Gasteiger partial charge is 0.324 e. The van der Waals surface area contributed by atoms with Crippen LogP contribution in [0.15, 0.2) is 58.6 Å². The van der Waals surface area contributed by atoms with Gasteiger partial charge in [-0.3, -0.25) is 9.69 Å².